The first kappa shape index (κ1) is 25.4. The summed E-state index contributed by atoms with van der Waals surface area (Å²) in [4.78, 5) is 25.8. The summed E-state index contributed by atoms with van der Waals surface area (Å²) in [6, 6.07) is 2.41. The lowest BCUT2D eigenvalue weighted by atomic mass is 9.96. The van der Waals surface area contributed by atoms with Crippen molar-refractivity contribution in [3.05, 3.63) is 29.8 Å². The van der Waals surface area contributed by atoms with Crippen molar-refractivity contribution in [3.8, 4) is 0 Å². The molecular formula is C22H31F2N3O5S. The molecule has 1 aromatic carbocycles. The van der Waals surface area contributed by atoms with Gasteiger partial charge in [0, 0.05) is 32.2 Å². The van der Waals surface area contributed by atoms with Gasteiger partial charge in [-0.05, 0) is 58.6 Å². The predicted molar refractivity (Wildman–Crippen MR) is 117 cm³/mol. The summed E-state index contributed by atoms with van der Waals surface area (Å²) in [5, 5.41) is 2.87. The van der Waals surface area contributed by atoms with Crippen LogP contribution in [0.25, 0.3) is 0 Å². The van der Waals surface area contributed by atoms with Crippen molar-refractivity contribution in [3.63, 3.8) is 0 Å². The number of nitrogens with zero attached hydrogens (tertiary/aromatic N) is 2. The van der Waals surface area contributed by atoms with Crippen molar-refractivity contribution in [1.29, 1.82) is 0 Å². The average molecular weight is 488 g/mol. The van der Waals surface area contributed by atoms with E-state index in [4.69, 9.17) is 4.74 Å². The molecule has 33 heavy (non-hydrogen) atoms. The number of rotatable bonds is 4. The SMILES string of the molecule is CC(C)(C)OC(=O)N1CCCC(C(=O)NC2CCCN(S(=O)(=O)c3c(F)cccc3F)C2)C1. The van der Waals surface area contributed by atoms with Crippen LogP contribution in [0, 0.1) is 17.6 Å². The Morgan fingerprint density at radius 2 is 1.70 bits per heavy atom. The number of likely N-dealkylation sites (tertiary alicyclic amines) is 1. The number of ether oxygens (including phenoxy) is 1. The Hall–Kier alpha value is -2.27. The highest BCUT2D eigenvalue weighted by Crippen LogP contribution is 2.26. The number of carbonyl (C=O) groups is 2. The molecule has 2 saturated heterocycles. The van der Waals surface area contributed by atoms with Gasteiger partial charge in [-0.25, -0.2) is 22.0 Å². The summed E-state index contributed by atoms with van der Waals surface area (Å²) in [5.74, 6) is -3.01. The Bertz CT molecular complexity index is 976. The van der Waals surface area contributed by atoms with Gasteiger partial charge in [0.25, 0.3) is 0 Å². The van der Waals surface area contributed by atoms with Crippen LogP contribution in [0.4, 0.5) is 13.6 Å². The van der Waals surface area contributed by atoms with Crippen molar-refractivity contribution < 1.29 is 31.5 Å². The predicted octanol–water partition coefficient (Wildman–Crippen LogP) is 2.88. The molecule has 0 bridgehead atoms. The number of nitrogens with one attached hydrogen (secondary N) is 1. The smallest absolute Gasteiger partial charge is 0.410 e. The van der Waals surface area contributed by atoms with E-state index in [0.717, 1.165) is 22.5 Å². The maximum absolute atomic E-state index is 14.1. The third-order valence-electron chi connectivity index (χ3n) is 5.69. The summed E-state index contributed by atoms with van der Waals surface area (Å²) in [6.07, 6.45) is 1.76. The average Bonchev–Trinajstić information content (AvgIpc) is 2.72. The van der Waals surface area contributed by atoms with Gasteiger partial charge in [0.05, 0.1) is 5.92 Å². The summed E-state index contributed by atoms with van der Waals surface area (Å²) in [7, 11) is -4.39. The second kappa shape index (κ2) is 9.92. The van der Waals surface area contributed by atoms with Crippen LogP contribution in [0.15, 0.2) is 23.1 Å². The zero-order valence-electron chi connectivity index (χ0n) is 19.1. The zero-order chi connectivity index (χ0) is 24.4. The molecular weight excluding hydrogens is 456 g/mol. The normalized spacial score (nSPS) is 22.6. The first-order valence-corrected chi connectivity index (χ1v) is 12.5. The molecule has 2 atom stereocenters. The number of sulfonamides is 1. The highest BCUT2D eigenvalue weighted by atomic mass is 32.2. The Morgan fingerprint density at radius 1 is 1.06 bits per heavy atom. The first-order chi connectivity index (χ1) is 15.4. The summed E-state index contributed by atoms with van der Waals surface area (Å²) >= 11 is 0. The van der Waals surface area contributed by atoms with Gasteiger partial charge in [0.2, 0.25) is 15.9 Å². The molecule has 2 aliphatic heterocycles. The van der Waals surface area contributed by atoms with Crippen molar-refractivity contribution in [2.45, 2.75) is 63.0 Å². The molecule has 2 heterocycles. The van der Waals surface area contributed by atoms with Crippen LogP contribution in [0.5, 0.6) is 0 Å². The minimum absolute atomic E-state index is 0.0790. The van der Waals surface area contributed by atoms with Crippen molar-refractivity contribution in [2.24, 2.45) is 5.92 Å². The maximum atomic E-state index is 14.1. The number of amides is 2. The second-order valence-electron chi connectivity index (χ2n) is 9.53. The van der Waals surface area contributed by atoms with Crippen LogP contribution in [0.2, 0.25) is 0 Å². The largest absolute Gasteiger partial charge is 0.444 e. The van der Waals surface area contributed by atoms with Crippen molar-refractivity contribution in [1.82, 2.24) is 14.5 Å². The molecule has 2 unspecified atom stereocenters. The summed E-state index contributed by atoms with van der Waals surface area (Å²) in [6.45, 7) is 6.07. The van der Waals surface area contributed by atoms with Gasteiger partial charge >= 0.3 is 6.09 Å². The van der Waals surface area contributed by atoms with Gasteiger partial charge in [-0.3, -0.25) is 4.79 Å². The number of carbonyl (C=O) groups excluding carboxylic acids is 2. The molecule has 2 amide bonds. The quantitative estimate of drug-likeness (QED) is 0.705. The van der Waals surface area contributed by atoms with Gasteiger partial charge in [-0.2, -0.15) is 4.31 Å². The van der Waals surface area contributed by atoms with E-state index >= 15 is 0 Å². The van der Waals surface area contributed by atoms with Gasteiger partial charge in [0.15, 0.2) is 4.90 Å². The minimum atomic E-state index is -4.39. The molecule has 0 spiro atoms. The van der Waals surface area contributed by atoms with Crippen molar-refractivity contribution in [2.75, 3.05) is 26.2 Å². The van der Waals surface area contributed by atoms with Gasteiger partial charge in [-0.1, -0.05) is 6.07 Å². The lowest BCUT2D eigenvalue weighted by molar-refractivity contribution is -0.127. The lowest BCUT2D eigenvalue weighted by Crippen LogP contribution is -2.53. The topological polar surface area (TPSA) is 96.0 Å². The van der Waals surface area contributed by atoms with E-state index in [2.05, 4.69) is 5.32 Å². The number of hydrogen-bond acceptors (Lipinski definition) is 5. The molecule has 2 fully saturated rings. The van der Waals surface area contributed by atoms with Gasteiger partial charge < -0.3 is 15.0 Å². The molecule has 0 aromatic heterocycles. The summed E-state index contributed by atoms with van der Waals surface area (Å²) in [5.41, 5.74) is -0.638. The fraction of sp³-hybridized carbons (Fsp3) is 0.636. The molecule has 3 rings (SSSR count). The fourth-order valence-electron chi connectivity index (χ4n) is 4.14. The van der Waals surface area contributed by atoms with Gasteiger partial charge in [0.1, 0.15) is 17.2 Å². The molecule has 0 saturated carbocycles. The molecule has 1 N–H and O–H groups in total. The molecule has 184 valence electrons. The standard InChI is InChI=1S/C22H31F2N3O5S/c1-22(2,3)32-21(29)26-11-5-7-15(13-26)20(28)25-16-8-6-12-27(14-16)33(30,31)19-17(23)9-4-10-18(19)24/h4,9-10,15-16H,5-8,11-14H2,1-3H3,(H,25,28). The first-order valence-electron chi connectivity index (χ1n) is 11.1. The van der Waals surface area contributed by atoms with E-state index in [1.807, 2.05) is 0 Å². The second-order valence-corrected chi connectivity index (χ2v) is 11.4. The van der Waals surface area contributed by atoms with Crippen LogP contribution in [-0.4, -0.2) is 67.4 Å². The highest BCUT2D eigenvalue weighted by Gasteiger charge is 2.36. The molecule has 1 aromatic rings. The molecule has 8 nitrogen and oxygen atoms in total. The van der Waals surface area contributed by atoms with Crippen LogP contribution >= 0.6 is 0 Å². The van der Waals surface area contributed by atoms with E-state index in [-0.39, 0.29) is 25.5 Å². The minimum Gasteiger partial charge on any atom is -0.444 e. The Kier molecular flexibility index (Phi) is 7.62. The van der Waals surface area contributed by atoms with Gasteiger partial charge in [-0.15, -0.1) is 0 Å². The Morgan fingerprint density at radius 3 is 2.33 bits per heavy atom. The maximum Gasteiger partial charge on any atom is 0.410 e. The van der Waals surface area contributed by atoms with E-state index in [1.54, 1.807) is 20.8 Å². The molecule has 0 aliphatic carbocycles. The molecule has 11 heteroatoms. The lowest BCUT2D eigenvalue weighted by Gasteiger charge is -2.36. The van der Waals surface area contributed by atoms with E-state index in [0.29, 0.717) is 32.2 Å². The number of piperidine rings is 2. The van der Waals surface area contributed by atoms with Crippen LogP contribution in [-0.2, 0) is 19.6 Å². The van der Waals surface area contributed by atoms with Crippen LogP contribution in [0.3, 0.4) is 0 Å². The highest BCUT2D eigenvalue weighted by molar-refractivity contribution is 7.89. The van der Waals surface area contributed by atoms with Crippen LogP contribution < -0.4 is 5.32 Å². The molecule has 0 radical (unpaired) electrons. The summed E-state index contributed by atoms with van der Waals surface area (Å²) < 4.78 is 60.3. The number of halogens is 2. The third kappa shape index (κ3) is 6.20. The van der Waals surface area contributed by atoms with E-state index < -0.39 is 50.2 Å². The van der Waals surface area contributed by atoms with Crippen molar-refractivity contribution >= 4 is 22.0 Å². The fourth-order valence-corrected chi connectivity index (χ4v) is 5.77. The third-order valence-corrected chi connectivity index (χ3v) is 7.61. The monoisotopic (exact) mass is 487 g/mol. The van der Waals surface area contributed by atoms with E-state index in [9.17, 15) is 26.8 Å². The Balaban J connectivity index is 1.63. The number of hydrogen-bond donors (Lipinski definition) is 1. The van der Waals surface area contributed by atoms with E-state index in [1.165, 1.54) is 4.90 Å². The number of benzene rings is 1. The molecule has 2 aliphatic rings. The van der Waals surface area contributed by atoms with Crippen LogP contribution in [0.1, 0.15) is 46.5 Å². The Labute approximate surface area is 193 Å². The zero-order valence-corrected chi connectivity index (χ0v) is 20.0.